The van der Waals surface area contributed by atoms with Gasteiger partial charge < -0.3 is 10.1 Å². The molecular formula is C17H17NO2. The summed E-state index contributed by atoms with van der Waals surface area (Å²) >= 11 is 0. The molecule has 20 heavy (non-hydrogen) atoms. The predicted molar refractivity (Wildman–Crippen MR) is 77.5 cm³/mol. The molecule has 2 aromatic carbocycles. The summed E-state index contributed by atoms with van der Waals surface area (Å²) in [6.07, 6.45) is 0.906. The highest BCUT2D eigenvalue weighted by Gasteiger charge is 2.19. The number of benzene rings is 2. The molecule has 0 radical (unpaired) electrons. The van der Waals surface area contributed by atoms with Crippen LogP contribution in [0.1, 0.15) is 21.5 Å². The molecule has 3 nitrogen and oxygen atoms in total. The van der Waals surface area contributed by atoms with Gasteiger partial charge in [0.2, 0.25) is 0 Å². The fraction of sp³-hybridized carbons (Fsp3) is 0.235. The number of rotatable bonds is 3. The van der Waals surface area contributed by atoms with Gasteiger partial charge in [-0.1, -0.05) is 42.5 Å². The highest BCUT2D eigenvalue weighted by atomic mass is 16.5. The topological polar surface area (TPSA) is 38.3 Å². The van der Waals surface area contributed by atoms with Gasteiger partial charge in [-0.15, -0.1) is 0 Å². The lowest BCUT2D eigenvalue weighted by molar-refractivity contribution is 0.0285. The summed E-state index contributed by atoms with van der Waals surface area (Å²) in [6, 6.07) is 17.5. The number of hydrogen-bond acceptors (Lipinski definition) is 2. The van der Waals surface area contributed by atoms with Crippen molar-refractivity contribution in [1.82, 2.24) is 5.32 Å². The molecule has 0 saturated carbocycles. The van der Waals surface area contributed by atoms with Gasteiger partial charge >= 0.3 is 0 Å². The first-order valence-electron chi connectivity index (χ1n) is 6.84. The zero-order chi connectivity index (χ0) is 13.8. The molecule has 3 heteroatoms. The molecule has 1 unspecified atom stereocenters. The van der Waals surface area contributed by atoms with Gasteiger partial charge in [-0.25, -0.2) is 0 Å². The summed E-state index contributed by atoms with van der Waals surface area (Å²) in [6.45, 7) is 1.17. The van der Waals surface area contributed by atoms with Crippen molar-refractivity contribution in [2.24, 2.45) is 0 Å². The van der Waals surface area contributed by atoms with E-state index in [0.717, 1.165) is 6.42 Å². The molecule has 0 aromatic heterocycles. The van der Waals surface area contributed by atoms with Crippen LogP contribution in [0.5, 0.6) is 0 Å². The highest BCUT2D eigenvalue weighted by molar-refractivity contribution is 5.94. The molecule has 1 heterocycles. The lowest BCUT2D eigenvalue weighted by Crippen LogP contribution is -2.36. The maximum Gasteiger partial charge on any atom is 0.251 e. The van der Waals surface area contributed by atoms with Gasteiger partial charge in [-0.05, 0) is 23.3 Å². The van der Waals surface area contributed by atoms with Crippen molar-refractivity contribution in [2.45, 2.75) is 19.1 Å². The number of ether oxygens (including phenoxy) is 1. The van der Waals surface area contributed by atoms with Crippen molar-refractivity contribution in [3.05, 3.63) is 71.3 Å². The molecule has 0 aliphatic carbocycles. The number of nitrogens with one attached hydrogen (secondary N) is 1. The Morgan fingerprint density at radius 1 is 1.05 bits per heavy atom. The van der Waals surface area contributed by atoms with Crippen molar-refractivity contribution in [3.8, 4) is 0 Å². The molecule has 0 bridgehead atoms. The maximum absolute atomic E-state index is 12.0. The maximum atomic E-state index is 12.0. The number of amides is 1. The molecule has 1 aliphatic rings. The van der Waals surface area contributed by atoms with Crippen LogP contribution >= 0.6 is 0 Å². The first kappa shape index (κ1) is 12.9. The van der Waals surface area contributed by atoms with E-state index in [0.29, 0.717) is 18.7 Å². The van der Waals surface area contributed by atoms with Crippen molar-refractivity contribution < 1.29 is 9.53 Å². The smallest absolute Gasteiger partial charge is 0.251 e. The molecule has 0 spiro atoms. The van der Waals surface area contributed by atoms with Crippen LogP contribution in [0.15, 0.2) is 54.6 Å². The van der Waals surface area contributed by atoms with Gasteiger partial charge in [-0.2, -0.15) is 0 Å². The average Bonchev–Trinajstić information content (AvgIpc) is 2.53. The van der Waals surface area contributed by atoms with Crippen LogP contribution in [0, 0.1) is 0 Å². The third-order valence-corrected chi connectivity index (χ3v) is 3.57. The van der Waals surface area contributed by atoms with E-state index in [-0.39, 0.29) is 12.0 Å². The van der Waals surface area contributed by atoms with E-state index in [1.54, 1.807) is 0 Å². The monoisotopic (exact) mass is 267 g/mol. The van der Waals surface area contributed by atoms with Gasteiger partial charge in [0.15, 0.2) is 0 Å². The van der Waals surface area contributed by atoms with Crippen molar-refractivity contribution in [3.63, 3.8) is 0 Å². The van der Waals surface area contributed by atoms with Gasteiger partial charge in [0.25, 0.3) is 5.91 Å². The fourth-order valence-corrected chi connectivity index (χ4v) is 2.44. The van der Waals surface area contributed by atoms with E-state index in [1.807, 2.05) is 42.5 Å². The number of carbonyl (C=O) groups excluding carboxylic acids is 1. The largest absolute Gasteiger partial charge is 0.371 e. The molecule has 3 rings (SSSR count). The Balaban J connectivity index is 1.57. The normalized spacial score (nSPS) is 17.3. The third kappa shape index (κ3) is 2.89. The van der Waals surface area contributed by atoms with Gasteiger partial charge in [0.05, 0.1) is 12.7 Å². The molecule has 1 aliphatic heterocycles. The second kappa shape index (κ2) is 5.88. The molecule has 0 fully saturated rings. The van der Waals surface area contributed by atoms with E-state index in [4.69, 9.17) is 4.74 Å². The van der Waals surface area contributed by atoms with Crippen molar-refractivity contribution in [2.75, 3.05) is 6.54 Å². The number of hydrogen-bond donors (Lipinski definition) is 1. The quantitative estimate of drug-likeness (QED) is 0.928. The van der Waals surface area contributed by atoms with Crippen LogP contribution in [-0.2, 0) is 17.8 Å². The van der Waals surface area contributed by atoms with Crippen molar-refractivity contribution >= 4 is 5.91 Å². The summed E-state index contributed by atoms with van der Waals surface area (Å²) < 4.78 is 5.78. The van der Waals surface area contributed by atoms with E-state index >= 15 is 0 Å². The minimum atomic E-state index is -0.0481. The summed E-state index contributed by atoms with van der Waals surface area (Å²) in [4.78, 5) is 12.0. The standard InChI is InChI=1S/C17H17NO2/c19-17(13-6-2-1-3-7-13)18-11-16-10-14-8-4-5-9-15(14)12-20-16/h1-9,16H,10-12H2,(H,18,19). The third-order valence-electron chi connectivity index (χ3n) is 3.57. The van der Waals surface area contributed by atoms with Gasteiger partial charge in [-0.3, -0.25) is 4.79 Å². The van der Waals surface area contributed by atoms with Crippen LogP contribution in [0.25, 0.3) is 0 Å². The summed E-state index contributed by atoms with van der Waals surface area (Å²) in [5, 5.41) is 2.94. The zero-order valence-electron chi connectivity index (χ0n) is 11.2. The highest BCUT2D eigenvalue weighted by Crippen LogP contribution is 2.19. The van der Waals surface area contributed by atoms with E-state index in [2.05, 4.69) is 17.4 Å². The van der Waals surface area contributed by atoms with Crippen molar-refractivity contribution in [1.29, 1.82) is 0 Å². The Morgan fingerprint density at radius 3 is 2.55 bits per heavy atom. The Morgan fingerprint density at radius 2 is 1.75 bits per heavy atom. The van der Waals surface area contributed by atoms with Crippen LogP contribution in [0.4, 0.5) is 0 Å². The SMILES string of the molecule is O=C(NCC1Cc2ccccc2CO1)c1ccccc1. The minimum Gasteiger partial charge on any atom is -0.371 e. The molecule has 1 atom stereocenters. The Labute approximate surface area is 118 Å². The van der Waals surface area contributed by atoms with Crippen LogP contribution < -0.4 is 5.32 Å². The Kier molecular flexibility index (Phi) is 3.79. The number of carbonyl (C=O) groups is 1. The average molecular weight is 267 g/mol. The first-order chi connectivity index (χ1) is 9.83. The molecule has 1 amide bonds. The second-order valence-electron chi connectivity index (χ2n) is 4.98. The predicted octanol–water partition coefficient (Wildman–Crippen LogP) is 2.56. The van der Waals surface area contributed by atoms with E-state index < -0.39 is 0 Å². The molecular weight excluding hydrogens is 250 g/mol. The van der Waals surface area contributed by atoms with Crippen LogP contribution in [0.3, 0.4) is 0 Å². The van der Waals surface area contributed by atoms with E-state index in [9.17, 15) is 4.79 Å². The van der Waals surface area contributed by atoms with Crippen LogP contribution in [0.2, 0.25) is 0 Å². The first-order valence-corrected chi connectivity index (χ1v) is 6.84. The van der Waals surface area contributed by atoms with E-state index in [1.165, 1.54) is 11.1 Å². The lowest BCUT2D eigenvalue weighted by Gasteiger charge is -2.25. The molecule has 102 valence electrons. The lowest BCUT2D eigenvalue weighted by atomic mass is 9.99. The molecule has 0 saturated heterocycles. The molecule has 2 aromatic rings. The van der Waals surface area contributed by atoms with Gasteiger partial charge in [0.1, 0.15) is 0 Å². The molecule has 1 N–H and O–H groups in total. The Bertz CT molecular complexity index is 595. The second-order valence-corrected chi connectivity index (χ2v) is 4.98. The zero-order valence-corrected chi connectivity index (χ0v) is 11.2. The van der Waals surface area contributed by atoms with Gasteiger partial charge in [0, 0.05) is 18.5 Å². The minimum absolute atomic E-state index is 0.0481. The summed E-state index contributed by atoms with van der Waals surface area (Å²) in [5.74, 6) is -0.0481. The fourth-order valence-electron chi connectivity index (χ4n) is 2.44. The summed E-state index contributed by atoms with van der Waals surface area (Å²) in [7, 11) is 0. The summed E-state index contributed by atoms with van der Waals surface area (Å²) in [5.41, 5.74) is 3.25. The number of fused-ring (bicyclic) bond motifs is 1. The van der Waals surface area contributed by atoms with Crippen LogP contribution in [-0.4, -0.2) is 18.6 Å². The Hall–Kier alpha value is -2.13.